The summed E-state index contributed by atoms with van der Waals surface area (Å²) in [6.07, 6.45) is -2.32. The van der Waals surface area contributed by atoms with Crippen molar-refractivity contribution in [2.75, 3.05) is 19.7 Å². The Morgan fingerprint density at radius 3 is 2.38 bits per heavy atom. The van der Waals surface area contributed by atoms with Gasteiger partial charge in [-0.05, 0) is 51.8 Å². The maximum absolute atomic E-state index is 13.6. The molecule has 0 saturated carbocycles. The second-order valence-electron chi connectivity index (χ2n) is 12.2. The number of carbonyl (C=O) groups is 2. The van der Waals surface area contributed by atoms with Crippen molar-refractivity contribution in [3.05, 3.63) is 47.0 Å². The first-order valence-corrected chi connectivity index (χ1v) is 13.3. The lowest BCUT2D eigenvalue weighted by Crippen LogP contribution is -2.57. The van der Waals surface area contributed by atoms with Gasteiger partial charge in [0.2, 0.25) is 0 Å². The van der Waals surface area contributed by atoms with E-state index in [0.29, 0.717) is 18.9 Å². The van der Waals surface area contributed by atoms with Gasteiger partial charge in [-0.1, -0.05) is 20.8 Å². The molecule has 2 fully saturated rings. The average molecular weight is 568 g/mol. The summed E-state index contributed by atoms with van der Waals surface area (Å²) >= 11 is 0. The number of ether oxygens (including phenoxy) is 3. The molecule has 0 bridgehead atoms. The van der Waals surface area contributed by atoms with Crippen molar-refractivity contribution in [3.8, 4) is 5.75 Å². The average Bonchev–Trinajstić information content (AvgIpc) is 3.44. The van der Waals surface area contributed by atoms with Crippen LogP contribution in [0.2, 0.25) is 0 Å². The number of likely N-dealkylation sites (tertiary alicyclic amines) is 1. The molecule has 3 heterocycles. The van der Waals surface area contributed by atoms with E-state index >= 15 is 0 Å². The number of nitrogens with zero attached hydrogens (tertiary/aromatic N) is 3. The fourth-order valence-electron chi connectivity index (χ4n) is 4.24. The molecular formula is C28H36F3N3O6. The van der Waals surface area contributed by atoms with Gasteiger partial charge in [-0.3, -0.25) is 9.36 Å². The number of hydrogen-bond donors (Lipinski definition) is 0. The zero-order valence-electron chi connectivity index (χ0n) is 23.6. The third kappa shape index (κ3) is 7.26. The monoisotopic (exact) mass is 567 g/mol. The molecule has 1 atom stereocenters. The van der Waals surface area contributed by atoms with Crippen LogP contribution in [0.15, 0.2) is 33.8 Å². The van der Waals surface area contributed by atoms with E-state index in [1.165, 1.54) is 4.90 Å². The maximum Gasteiger partial charge on any atom is 0.416 e. The van der Waals surface area contributed by atoms with Gasteiger partial charge in [0.25, 0.3) is 5.91 Å². The van der Waals surface area contributed by atoms with Gasteiger partial charge >= 0.3 is 18.0 Å². The van der Waals surface area contributed by atoms with E-state index in [1.54, 1.807) is 31.5 Å². The number of benzene rings is 1. The standard InChI is InChI=1S/C28H36F3N3O6/c1-26(2,3)22-16-33(13-18-8-7-11-37-18)24(39-22)32-23(35)20-12-17(28(29,30)31)9-10-21(20)38-19-14-34(15-19)25(36)40-27(4,5)6/h9-10,12,16,18-19H,7-8,11,13-15H2,1-6H3/b32-24-/t18-/m1/s1. The number of alkyl halides is 3. The second-order valence-corrected chi connectivity index (χ2v) is 12.2. The number of halogens is 3. The first-order valence-electron chi connectivity index (χ1n) is 13.3. The lowest BCUT2D eigenvalue weighted by atomic mass is 9.94. The van der Waals surface area contributed by atoms with Gasteiger partial charge in [0.05, 0.1) is 36.9 Å². The molecule has 0 N–H and O–H groups in total. The Kier molecular flexibility index (Phi) is 8.13. The van der Waals surface area contributed by atoms with Crippen LogP contribution in [-0.4, -0.2) is 59.0 Å². The molecule has 2 aliphatic rings. The third-order valence-corrected chi connectivity index (χ3v) is 6.41. The Bertz CT molecular complexity index is 1300. The highest BCUT2D eigenvalue weighted by Crippen LogP contribution is 2.34. The van der Waals surface area contributed by atoms with Crippen molar-refractivity contribution in [1.29, 1.82) is 0 Å². The molecule has 2 saturated heterocycles. The van der Waals surface area contributed by atoms with Gasteiger partial charge in [0.1, 0.15) is 23.2 Å². The van der Waals surface area contributed by atoms with Crippen LogP contribution in [0.5, 0.6) is 5.75 Å². The molecule has 0 radical (unpaired) electrons. The molecule has 1 aromatic carbocycles. The van der Waals surface area contributed by atoms with Gasteiger partial charge in [-0.2, -0.15) is 18.2 Å². The highest BCUT2D eigenvalue weighted by Gasteiger charge is 2.37. The van der Waals surface area contributed by atoms with Crippen LogP contribution < -0.4 is 10.4 Å². The third-order valence-electron chi connectivity index (χ3n) is 6.41. The molecule has 0 unspecified atom stereocenters. The van der Waals surface area contributed by atoms with Crippen LogP contribution in [0.1, 0.15) is 76.1 Å². The predicted octanol–water partition coefficient (Wildman–Crippen LogP) is 5.32. The zero-order valence-corrected chi connectivity index (χ0v) is 23.6. The largest absolute Gasteiger partial charge is 0.486 e. The Labute approximate surface area is 230 Å². The van der Waals surface area contributed by atoms with Crippen molar-refractivity contribution in [3.63, 3.8) is 0 Å². The zero-order chi connectivity index (χ0) is 29.5. The molecule has 2 aromatic rings. The predicted molar refractivity (Wildman–Crippen MR) is 138 cm³/mol. The van der Waals surface area contributed by atoms with Crippen LogP contribution in [0.4, 0.5) is 18.0 Å². The number of rotatable bonds is 5. The van der Waals surface area contributed by atoms with E-state index in [-0.39, 0.29) is 36.2 Å². The SMILES string of the molecule is CC(C)(C)OC(=O)N1CC(Oc2ccc(C(F)(F)F)cc2C(=O)/N=c2\oc(C(C)(C)C)cn2C[C@H]2CCCO2)C1. The number of hydrogen-bond acceptors (Lipinski definition) is 6. The summed E-state index contributed by atoms with van der Waals surface area (Å²) in [5, 5.41) is 0. The van der Waals surface area contributed by atoms with Gasteiger partial charge in [-0.25, -0.2) is 4.79 Å². The smallest absolute Gasteiger partial charge is 0.416 e. The van der Waals surface area contributed by atoms with Crippen molar-refractivity contribution in [2.24, 2.45) is 4.99 Å². The molecule has 2 aliphatic heterocycles. The minimum atomic E-state index is -4.68. The van der Waals surface area contributed by atoms with Crippen LogP contribution in [0.3, 0.4) is 0 Å². The minimum absolute atomic E-state index is 0.0338. The van der Waals surface area contributed by atoms with E-state index in [4.69, 9.17) is 18.6 Å². The first kappa shape index (κ1) is 29.7. The van der Waals surface area contributed by atoms with Crippen molar-refractivity contribution in [1.82, 2.24) is 9.47 Å². The highest BCUT2D eigenvalue weighted by molar-refractivity contribution is 5.97. The Morgan fingerprint density at radius 2 is 1.80 bits per heavy atom. The van der Waals surface area contributed by atoms with Crippen LogP contribution in [0, 0.1) is 0 Å². The first-order chi connectivity index (χ1) is 18.5. The summed E-state index contributed by atoms with van der Waals surface area (Å²) in [6.45, 7) is 12.4. The summed E-state index contributed by atoms with van der Waals surface area (Å²) in [5.74, 6) is -0.446. The van der Waals surface area contributed by atoms with E-state index < -0.39 is 40.9 Å². The molecule has 12 heteroatoms. The fourth-order valence-corrected chi connectivity index (χ4v) is 4.24. The van der Waals surface area contributed by atoms with Crippen LogP contribution >= 0.6 is 0 Å². The molecule has 4 rings (SSSR count). The van der Waals surface area contributed by atoms with Crippen molar-refractivity contribution >= 4 is 12.0 Å². The molecule has 1 aromatic heterocycles. The van der Waals surface area contributed by atoms with E-state index in [9.17, 15) is 22.8 Å². The lowest BCUT2D eigenvalue weighted by Gasteiger charge is -2.39. The molecule has 9 nitrogen and oxygen atoms in total. The van der Waals surface area contributed by atoms with Crippen molar-refractivity contribution < 1.29 is 41.4 Å². The second kappa shape index (κ2) is 10.9. The van der Waals surface area contributed by atoms with E-state index in [1.807, 2.05) is 20.8 Å². The molecule has 2 amide bonds. The van der Waals surface area contributed by atoms with Crippen LogP contribution in [-0.2, 0) is 27.6 Å². The summed E-state index contributed by atoms with van der Waals surface area (Å²) in [4.78, 5) is 31.1. The minimum Gasteiger partial charge on any atom is -0.486 e. The van der Waals surface area contributed by atoms with Gasteiger partial charge < -0.3 is 23.5 Å². The normalized spacial score (nSPS) is 19.1. The highest BCUT2D eigenvalue weighted by atomic mass is 19.4. The molecule has 0 aliphatic carbocycles. The number of oxazole rings is 1. The van der Waals surface area contributed by atoms with Crippen molar-refractivity contribution in [2.45, 2.75) is 90.3 Å². The summed E-state index contributed by atoms with van der Waals surface area (Å²) in [6, 6.07) is 2.67. The van der Waals surface area contributed by atoms with E-state index in [0.717, 1.165) is 31.0 Å². The molecule has 0 spiro atoms. The molecular weight excluding hydrogens is 531 g/mol. The van der Waals surface area contributed by atoms with E-state index in [2.05, 4.69) is 4.99 Å². The summed E-state index contributed by atoms with van der Waals surface area (Å²) in [7, 11) is 0. The fraction of sp³-hybridized carbons (Fsp3) is 0.607. The lowest BCUT2D eigenvalue weighted by molar-refractivity contribution is -0.137. The maximum atomic E-state index is 13.6. The van der Waals surface area contributed by atoms with Gasteiger partial charge in [-0.15, -0.1) is 0 Å². The van der Waals surface area contributed by atoms with Gasteiger partial charge in [0.15, 0.2) is 0 Å². The number of aromatic nitrogens is 1. The summed E-state index contributed by atoms with van der Waals surface area (Å²) < 4.78 is 65.1. The van der Waals surface area contributed by atoms with Crippen LogP contribution in [0.25, 0.3) is 0 Å². The molecule has 40 heavy (non-hydrogen) atoms. The Morgan fingerprint density at radius 1 is 1.10 bits per heavy atom. The number of carbonyl (C=O) groups excluding carboxylic acids is 2. The molecule has 220 valence electrons. The number of amides is 2. The topological polar surface area (TPSA) is 95.5 Å². The van der Waals surface area contributed by atoms with Gasteiger partial charge in [0, 0.05) is 18.2 Å². The summed E-state index contributed by atoms with van der Waals surface area (Å²) in [5.41, 5.74) is -2.47. The quantitative estimate of drug-likeness (QED) is 0.486. The Hall–Kier alpha value is -3.28. The Balaban J connectivity index is 1.62.